The summed E-state index contributed by atoms with van der Waals surface area (Å²) < 4.78 is 1.03. The van der Waals surface area contributed by atoms with Crippen molar-refractivity contribution in [2.75, 3.05) is 5.32 Å². The molecule has 4 nitrogen and oxygen atoms in total. The van der Waals surface area contributed by atoms with E-state index in [0.29, 0.717) is 0 Å². The molecule has 1 aromatic heterocycles. The molecule has 0 aliphatic carbocycles. The molecule has 0 radical (unpaired) electrons. The first-order valence-corrected chi connectivity index (χ1v) is 8.11. The van der Waals surface area contributed by atoms with Gasteiger partial charge in [0, 0.05) is 21.1 Å². The van der Waals surface area contributed by atoms with Crippen LogP contribution in [0.25, 0.3) is 11.3 Å². The van der Waals surface area contributed by atoms with E-state index in [-0.39, 0.29) is 22.5 Å². The first kappa shape index (κ1) is 17.7. The Morgan fingerprint density at radius 2 is 1.74 bits per heavy atom. The van der Waals surface area contributed by atoms with E-state index in [1.807, 2.05) is 29.6 Å². The van der Waals surface area contributed by atoms with E-state index in [9.17, 15) is 4.79 Å². The Labute approximate surface area is 156 Å². The number of hydrogen-bond donors (Lipinski definition) is 2. The summed E-state index contributed by atoms with van der Waals surface area (Å²) in [6, 6.07) is 14.5. The number of carbonyl (C=O) groups is 1. The van der Waals surface area contributed by atoms with E-state index >= 15 is 0 Å². The lowest BCUT2D eigenvalue weighted by atomic mass is 10.2. The average molecular weight is 456 g/mol. The molecule has 0 bridgehead atoms. The Balaban J connectivity index is 0.00000192. The normalized spacial score (nSPS) is 9.96. The molecule has 0 aliphatic rings. The van der Waals surface area contributed by atoms with Gasteiger partial charge in [-0.2, -0.15) is 0 Å². The number of benzene rings is 2. The maximum Gasteiger partial charge on any atom is 0.335 e. The molecule has 0 unspecified atom stereocenters. The molecule has 0 atom stereocenters. The molecule has 3 aromatic rings. The number of nitrogens with one attached hydrogen (secondary N) is 1. The molecule has 0 aliphatic heterocycles. The molecular formula is C16H12Br2N2O2S. The zero-order chi connectivity index (χ0) is 15.5. The fraction of sp³-hybridized carbons (Fsp3) is 0. The third kappa shape index (κ3) is 4.40. The molecule has 0 fully saturated rings. The molecule has 2 aromatic carbocycles. The molecule has 0 saturated carbocycles. The van der Waals surface area contributed by atoms with Crippen molar-refractivity contribution in [2.24, 2.45) is 0 Å². The minimum Gasteiger partial charge on any atom is -0.478 e. The number of nitrogens with zero attached hydrogens (tertiary/aromatic N) is 1. The highest BCUT2D eigenvalue weighted by Crippen LogP contribution is 2.28. The number of aromatic nitrogens is 1. The predicted octanol–water partition coefficient (Wildman–Crippen LogP) is 5.59. The van der Waals surface area contributed by atoms with Crippen LogP contribution in [-0.2, 0) is 0 Å². The number of carboxylic acids is 1. The summed E-state index contributed by atoms with van der Waals surface area (Å²) in [6.07, 6.45) is 0. The maximum absolute atomic E-state index is 10.8. The van der Waals surface area contributed by atoms with Gasteiger partial charge in [-0.05, 0) is 36.4 Å². The molecule has 1 heterocycles. The van der Waals surface area contributed by atoms with Crippen LogP contribution in [0, 0.1) is 0 Å². The van der Waals surface area contributed by atoms with Gasteiger partial charge in [-0.3, -0.25) is 0 Å². The minimum absolute atomic E-state index is 0. The van der Waals surface area contributed by atoms with Crippen molar-refractivity contribution in [2.45, 2.75) is 0 Å². The van der Waals surface area contributed by atoms with Crippen molar-refractivity contribution in [3.8, 4) is 11.3 Å². The van der Waals surface area contributed by atoms with Crippen LogP contribution in [0.3, 0.4) is 0 Å². The minimum atomic E-state index is -0.932. The molecule has 3 rings (SSSR count). The predicted molar refractivity (Wildman–Crippen MR) is 102 cm³/mol. The standard InChI is InChI=1S/C16H11BrN2O2S.BrH/c17-12-5-1-10(2-6-12)14-9-22-16(19-14)18-13-7-3-11(4-8-13)15(20)21;/h1-9H,(H,18,19)(H,20,21);1H. The number of thiazole rings is 1. The van der Waals surface area contributed by atoms with E-state index in [2.05, 4.69) is 26.2 Å². The van der Waals surface area contributed by atoms with Crippen molar-refractivity contribution in [1.82, 2.24) is 4.98 Å². The summed E-state index contributed by atoms with van der Waals surface area (Å²) in [4.78, 5) is 15.4. The number of carboxylic acid groups (broad SMARTS) is 1. The van der Waals surface area contributed by atoms with E-state index in [0.717, 1.165) is 26.5 Å². The van der Waals surface area contributed by atoms with E-state index < -0.39 is 5.97 Å². The topological polar surface area (TPSA) is 62.2 Å². The summed E-state index contributed by atoms with van der Waals surface area (Å²) in [5.41, 5.74) is 3.03. The summed E-state index contributed by atoms with van der Waals surface area (Å²) in [6.45, 7) is 0. The third-order valence-corrected chi connectivity index (χ3v) is 4.31. The van der Waals surface area contributed by atoms with E-state index in [4.69, 9.17) is 5.11 Å². The average Bonchev–Trinajstić information content (AvgIpc) is 2.97. The van der Waals surface area contributed by atoms with Gasteiger partial charge in [0.15, 0.2) is 5.13 Å². The molecule has 118 valence electrons. The quantitative estimate of drug-likeness (QED) is 0.538. The highest BCUT2D eigenvalue weighted by Gasteiger charge is 2.06. The lowest BCUT2D eigenvalue weighted by Crippen LogP contribution is -1.96. The van der Waals surface area contributed by atoms with Gasteiger partial charge in [0.05, 0.1) is 11.3 Å². The van der Waals surface area contributed by atoms with Crippen molar-refractivity contribution in [1.29, 1.82) is 0 Å². The number of halogens is 2. The molecule has 0 spiro atoms. The van der Waals surface area contributed by atoms with Crippen molar-refractivity contribution < 1.29 is 9.90 Å². The second-order valence-corrected chi connectivity index (χ2v) is 6.33. The molecule has 23 heavy (non-hydrogen) atoms. The van der Waals surface area contributed by atoms with E-state index in [1.54, 1.807) is 24.3 Å². The zero-order valence-corrected chi connectivity index (χ0v) is 15.8. The monoisotopic (exact) mass is 454 g/mol. The third-order valence-electron chi connectivity index (χ3n) is 3.03. The summed E-state index contributed by atoms with van der Waals surface area (Å²) in [7, 11) is 0. The molecule has 0 amide bonds. The van der Waals surface area contributed by atoms with E-state index in [1.165, 1.54) is 11.3 Å². The van der Waals surface area contributed by atoms with Crippen molar-refractivity contribution in [3.63, 3.8) is 0 Å². The van der Waals surface area contributed by atoms with Crippen LogP contribution in [0.2, 0.25) is 0 Å². The smallest absolute Gasteiger partial charge is 0.335 e. The molecule has 2 N–H and O–H groups in total. The van der Waals surface area contributed by atoms with Crippen LogP contribution in [0.4, 0.5) is 10.8 Å². The fourth-order valence-electron chi connectivity index (χ4n) is 1.90. The Kier molecular flexibility index (Phi) is 5.92. The van der Waals surface area contributed by atoms with Crippen LogP contribution in [0.5, 0.6) is 0 Å². The Morgan fingerprint density at radius 1 is 1.09 bits per heavy atom. The van der Waals surface area contributed by atoms with Gasteiger partial charge < -0.3 is 10.4 Å². The molecule has 7 heteroatoms. The Morgan fingerprint density at radius 3 is 2.35 bits per heavy atom. The van der Waals surface area contributed by atoms with Gasteiger partial charge in [-0.25, -0.2) is 9.78 Å². The van der Waals surface area contributed by atoms with Gasteiger partial charge >= 0.3 is 5.97 Å². The van der Waals surface area contributed by atoms with Crippen molar-refractivity contribution >= 4 is 61.0 Å². The lowest BCUT2D eigenvalue weighted by Gasteiger charge is -2.02. The van der Waals surface area contributed by atoms with Crippen LogP contribution in [0.15, 0.2) is 58.4 Å². The van der Waals surface area contributed by atoms with Crippen molar-refractivity contribution in [3.05, 3.63) is 63.9 Å². The SMILES string of the molecule is Br.O=C(O)c1ccc(Nc2nc(-c3ccc(Br)cc3)cs2)cc1. The first-order chi connectivity index (χ1) is 10.6. The summed E-state index contributed by atoms with van der Waals surface area (Å²) in [5, 5.41) is 14.8. The highest BCUT2D eigenvalue weighted by molar-refractivity contribution is 9.10. The Hall–Kier alpha value is -1.70. The number of rotatable bonds is 4. The van der Waals surface area contributed by atoms with Crippen LogP contribution >= 0.6 is 44.2 Å². The molecule has 0 saturated heterocycles. The zero-order valence-electron chi connectivity index (χ0n) is 11.7. The van der Waals surface area contributed by atoms with Gasteiger partial charge in [-0.1, -0.05) is 28.1 Å². The first-order valence-electron chi connectivity index (χ1n) is 6.44. The van der Waals surface area contributed by atoms with Gasteiger partial charge in [-0.15, -0.1) is 28.3 Å². The second-order valence-electron chi connectivity index (χ2n) is 4.55. The lowest BCUT2D eigenvalue weighted by molar-refractivity contribution is 0.0697. The number of aromatic carboxylic acids is 1. The summed E-state index contributed by atoms with van der Waals surface area (Å²) >= 11 is 4.92. The summed E-state index contributed by atoms with van der Waals surface area (Å²) in [5.74, 6) is -0.932. The maximum atomic E-state index is 10.8. The van der Waals surface area contributed by atoms with Crippen LogP contribution < -0.4 is 5.32 Å². The van der Waals surface area contributed by atoms with Gasteiger partial charge in [0.2, 0.25) is 0 Å². The van der Waals surface area contributed by atoms with Gasteiger partial charge in [0.25, 0.3) is 0 Å². The number of hydrogen-bond acceptors (Lipinski definition) is 4. The van der Waals surface area contributed by atoms with Crippen LogP contribution in [0.1, 0.15) is 10.4 Å². The highest BCUT2D eigenvalue weighted by atomic mass is 79.9. The Bertz CT molecular complexity index is 802. The molecular weight excluding hydrogens is 444 g/mol. The number of anilines is 2. The second kappa shape index (κ2) is 7.72. The van der Waals surface area contributed by atoms with Gasteiger partial charge in [0.1, 0.15) is 0 Å². The fourth-order valence-corrected chi connectivity index (χ4v) is 2.91. The van der Waals surface area contributed by atoms with Crippen LogP contribution in [-0.4, -0.2) is 16.1 Å². The largest absolute Gasteiger partial charge is 0.478 e.